The third-order valence-electron chi connectivity index (χ3n) is 3.24. The van der Waals surface area contributed by atoms with Crippen LogP contribution in [0, 0.1) is 15.9 Å². The molecule has 0 aliphatic carbocycles. The topological polar surface area (TPSA) is 83.7 Å². The van der Waals surface area contributed by atoms with Crippen LogP contribution in [0.3, 0.4) is 0 Å². The van der Waals surface area contributed by atoms with Gasteiger partial charge in [0.25, 0.3) is 5.69 Å². The molecule has 0 bridgehead atoms. The fourth-order valence-electron chi connectivity index (χ4n) is 2.36. The average Bonchev–Trinajstić information content (AvgIpc) is 2.71. The molecule has 2 atom stereocenters. The van der Waals surface area contributed by atoms with Gasteiger partial charge in [-0.25, -0.2) is 4.39 Å². The van der Waals surface area contributed by atoms with Gasteiger partial charge in [-0.05, 0) is 12.5 Å². The standard InChI is InChI=1S/C12H13FN2O4/c1-7(16)14-6-9(17)5-12(14)10-3-2-8(15(18)19)4-11(10)13/h2-4,9,12,17H,5-6H2,1H3. The second-order valence-corrected chi connectivity index (χ2v) is 4.54. The highest BCUT2D eigenvalue weighted by molar-refractivity contribution is 5.74. The van der Waals surface area contributed by atoms with Crippen molar-refractivity contribution in [2.45, 2.75) is 25.5 Å². The minimum absolute atomic E-state index is 0.149. The fraction of sp³-hybridized carbons (Fsp3) is 0.417. The van der Waals surface area contributed by atoms with Crippen LogP contribution in [0.15, 0.2) is 18.2 Å². The van der Waals surface area contributed by atoms with Gasteiger partial charge in [0.15, 0.2) is 0 Å². The van der Waals surface area contributed by atoms with Gasteiger partial charge < -0.3 is 10.0 Å². The van der Waals surface area contributed by atoms with Crippen molar-refractivity contribution in [2.24, 2.45) is 0 Å². The Morgan fingerprint density at radius 2 is 2.26 bits per heavy atom. The number of amides is 1. The molecule has 7 heteroatoms. The smallest absolute Gasteiger partial charge is 0.272 e. The van der Waals surface area contributed by atoms with E-state index in [9.17, 15) is 24.4 Å². The van der Waals surface area contributed by atoms with Gasteiger partial charge in [-0.1, -0.05) is 0 Å². The first-order valence-electron chi connectivity index (χ1n) is 5.79. The molecule has 1 aliphatic rings. The summed E-state index contributed by atoms with van der Waals surface area (Å²) in [6, 6.07) is 2.75. The Balaban J connectivity index is 2.36. The van der Waals surface area contributed by atoms with Crippen molar-refractivity contribution in [1.29, 1.82) is 0 Å². The minimum Gasteiger partial charge on any atom is -0.391 e. The summed E-state index contributed by atoms with van der Waals surface area (Å²) in [4.78, 5) is 22.7. The first-order valence-corrected chi connectivity index (χ1v) is 5.79. The molecule has 0 aromatic heterocycles. The van der Waals surface area contributed by atoms with Gasteiger partial charge in [0.2, 0.25) is 5.91 Å². The van der Waals surface area contributed by atoms with Crippen LogP contribution in [0.1, 0.15) is 24.9 Å². The van der Waals surface area contributed by atoms with Crippen molar-refractivity contribution in [3.8, 4) is 0 Å². The highest BCUT2D eigenvalue weighted by Crippen LogP contribution is 2.34. The number of nitro groups is 1. The lowest BCUT2D eigenvalue weighted by atomic mass is 10.0. The van der Waals surface area contributed by atoms with Crippen LogP contribution < -0.4 is 0 Å². The van der Waals surface area contributed by atoms with Gasteiger partial charge in [-0.15, -0.1) is 0 Å². The maximum absolute atomic E-state index is 13.9. The molecule has 0 saturated carbocycles. The summed E-state index contributed by atoms with van der Waals surface area (Å²) in [5.41, 5.74) is -0.147. The van der Waals surface area contributed by atoms with Crippen molar-refractivity contribution < 1.29 is 19.2 Å². The molecule has 19 heavy (non-hydrogen) atoms. The molecule has 1 saturated heterocycles. The van der Waals surface area contributed by atoms with Crippen LogP contribution in [-0.4, -0.2) is 33.5 Å². The summed E-state index contributed by atoms with van der Waals surface area (Å²) in [7, 11) is 0. The second kappa shape index (κ2) is 4.93. The molecule has 1 amide bonds. The Morgan fingerprint density at radius 3 is 2.79 bits per heavy atom. The van der Waals surface area contributed by atoms with E-state index in [1.165, 1.54) is 24.0 Å². The molecule has 2 rings (SSSR count). The number of likely N-dealkylation sites (tertiary alicyclic amines) is 1. The van der Waals surface area contributed by atoms with E-state index in [0.717, 1.165) is 6.07 Å². The zero-order chi connectivity index (χ0) is 14.2. The SMILES string of the molecule is CC(=O)N1CC(O)CC1c1ccc([N+](=O)[O-])cc1F. The summed E-state index contributed by atoms with van der Waals surface area (Å²) in [6.45, 7) is 1.49. The number of rotatable bonds is 2. The van der Waals surface area contributed by atoms with E-state index in [2.05, 4.69) is 0 Å². The molecule has 1 aromatic rings. The summed E-state index contributed by atoms with van der Waals surface area (Å²) < 4.78 is 13.9. The zero-order valence-electron chi connectivity index (χ0n) is 10.2. The number of carbonyl (C=O) groups is 1. The van der Waals surface area contributed by atoms with Gasteiger partial charge in [-0.2, -0.15) is 0 Å². The highest BCUT2D eigenvalue weighted by atomic mass is 19.1. The molecule has 0 spiro atoms. The molecule has 1 aliphatic heterocycles. The molecule has 102 valence electrons. The number of hydrogen-bond acceptors (Lipinski definition) is 4. The number of nitro benzene ring substituents is 1. The molecule has 1 N–H and O–H groups in total. The molecular formula is C12H13FN2O4. The van der Waals surface area contributed by atoms with Crippen molar-refractivity contribution in [2.75, 3.05) is 6.54 Å². The van der Waals surface area contributed by atoms with Gasteiger partial charge in [0.05, 0.1) is 23.1 Å². The quantitative estimate of drug-likeness (QED) is 0.649. The molecule has 1 aromatic carbocycles. The predicted octanol–water partition coefficient (Wildman–Crippen LogP) is 1.39. The first-order chi connectivity index (χ1) is 8.90. The van der Waals surface area contributed by atoms with Gasteiger partial charge in [-0.3, -0.25) is 14.9 Å². The van der Waals surface area contributed by atoms with Crippen molar-refractivity contribution >= 4 is 11.6 Å². The maximum atomic E-state index is 13.9. The van der Waals surface area contributed by atoms with Crippen LogP contribution in [0.5, 0.6) is 0 Å². The molecular weight excluding hydrogens is 255 g/mol. The lowest BCUT2D eigenvalue weighted by Crippen LogP contribution is -2.29. The Kier molecular flexibility index (Phi) is 3.48. The Hall–Kier alpha value is -2.02. The lowest BCUT2D eigenvalue weighted by molar-refractivity contribution is -0.385. The van der Waals surface area contributed by atoms with E-state index in [0.29, 0.717) is 0 Å². The number of aliphatic hydroxyl groups is 1. The van der Waals surface area contributed by atoms with E-state index in [-0.39, 0.29) is 30.1 Å². The highest BCUT2D eigenvalue weighted by Gasteiger charge is 2.35. The Labute approximate surface area is 108 Å². The van der Waals surface area contributed by atoms with E-state index in [4.69, 9.17) is 0 Å². The molecule has 0 radical (unpaired) electrons. The van der Waals surface area contributed by atoms with E-state index < -0.39 is 22.9 Å². The minimum atomic E-state index is -0.737. The van der Waals surface area contributed by atoms with Crippen molar-refractivity contribution in [1.82, 2.24) is 4.90 Å². The van der Waals surface area contributed by atoms with E-state index in [1.807, 2.05) is 0 Å². The summed E-state index contributed by atoms with van der Waals surface area (Å²) >= 11 is 0. The Morgan fingerprint density at radius 1 is 1.58 bits per heavy atom. The van der Waals surface area contributed by atoms with Crippen LogP contribution in [0.2, 0.25) is 0 Å². The van der Waals surface area contributed by atoms with E-state index in [1.54, 1.807) is 0 Å². The summed E-state index contributed by atoms with van der Waals surface area (Å²) in [6.07, 6.45) is -0.475. The van der Waals surface area contributed by atoms with Crippen LogP contribution in [0.4, 0.5) is 10.1 Å². The molecule has 1 fully saturated rings. The zero-order valence-corrected chi connectivity index (χ0v) is 10.2. The van der Waals surface area contributed by atoms with Gasteiger partial charge in [0, 0.05) is 25.1 Å². The largest absolute Gasteiger partial charge is 0.391 e. The molecule has 1 heterocycles. The third-order valence-corrected chi connectivity index (χ3v) is 3.24. The van der Waals surface area contributed by atoms with Gasteiger partial charge >= 0.3 is 0 Å². The number of halogens is 1. The average molecular weight is 268 g/mol. The molecule has 2 unspecified atom stereocenters. The van der Waals surface area contributed by atoms with E-state index >= 15 is 0 Å². The Bertz CT molecular complexity index is 534. The van der Waals surface area contributed by atoms with Crippen LogP contribution >= 0.6 is 0 Å². The van der Waals surface area contributed by atoms with Crippen molar-refractivity contribution in [3.63, 3.8) is 0 Å². The molecule has 6 nitrogen and oxygen atoms in total. The van der Waals surface area contributed by atoms with Crippen molar-refractivity contribution in [3.05, 3.63) is 39.7 Å². The van der Waals surface area contributed by atoms with Crippen LogP contribution in [0.25, 0.3) is 0 Å². The van der Waals surface area contributed by atoms with Crippen LogP contribution in [-0.2, 0) is 4.79 Å². The number of aliphatic hydroxyl groups excluding tert-OH is 1. The fourth-order valence-corrected chi connectivity index (χ4v) is 2.36. The number of β-amino-alcohol motifs (C(OH)–C–C–N with tert-alkyl or cyclic N) is 1. The number of benzene rings is 1. The predicted molar refractivity (Wildman–Crippen MR) is 63.8 cm³/mol. The number of non-ortho nitro benzene ring substituents is 1. The summed E-state index contributed by atoms with van der Waals surface area (Å²) in [5, 5.41) is 20.1. The number of carbonyl (C=O) groups excluding carboxylic acids is 1. The first kappa shape index (κ1) is 13.4. The third kappa shape index (κ3) is 2.55. The second-order valence-electron chi connectivity index (χ2n) is 4.54. The normalized spacial score (nSPS) is 22.6. The van der Waals surface area contributed by atoms with Gasteiger partial charge in [0.1, 0.15) is 5.82 Å². The number of hydrogen-bond donors (Lipinski definition) is 1. The summed E-state index contributed by atoms with van der Waals surface area (Å²) in [5.74, 6) is -1.00. The monoisotopic (exact) mass is 268 g/mol. The number of nitrogens with zero attached hydrogens (tertiary/aromatic N) is 2. The lowest BCUT2D eigenvalue weighted by Gasteiger charge is -2.23. The maximum Gasteiger partial charge on any atom is 0.272 e.